The summed E-state index contributed by atoms with van der Waals surface area (Å²) in [5.41, 5.74) is 6.34. The highest BCUT2D eigenvalue weighted by atomic mass is 16.1. The van der Waals surface area contributed by atoms with Crippen LogP contribution in [0, 0.1) is 0 Å². The van der Waals surface area contributed by atoms with Crippen LogP contribution in [0.2, 0.25) is 0 Å². The Labute approximate surface area is 210 Å². The Kier molecular flexibility index (Phi) is 5.72. The molecule has 172 valence electrons. The second-order valence-corrected chi connectivity index (χ2v) is 8.76. The van der Waals surface area contributed by atoms with Crippen molar-refractivity contribution in [3.8, 4) is 11.4 Å². The van der Waals surface area contributed by atoms with Crippen molar-refractivity contribution in [2.45, 2.75) is 6.04 Å². The number of carbonyl (C=O) groups excluding carboxylic acids is 1. The fourth-order valence-electron chi connectivity index (χ4n) is 4.88. The lowest BCUT2D eigenvalue weighted by atomic mass is 9.95. The van der Waals surface area contributed by atoms with Crippen LogP contribution in [0.4, 0.5) is 0 Å². The fraction of sp³-hybridized carbons (Fsp3) is 0.0303. The van der Waals surface area contributed by atoms with Gasteiger partial charge in [-0.25, -0.2) is 4.98 Å². The van der Waals surface area contributed by atoms with Crippen molar-refractivity contribution in [2.75, 3.05) is 0 Å². The third kappa shape index (κ3) is 3.91. The zero-order valence-electron chi connectivity index (χ0n) is 19.7. The first-order valence-corrected chi connectivity index (χ1v) is 12.1. The molecule has 36 heavy (non-hydrogen) atoms. The van der Waals surface area contributed by atoms with Crippen LogP contribution in [0.5, 0.6) is 0 Å². The Bertz CT molecular complexity index is 1600. The van der Waals surface area contributed by atoms with Gasteiger partial charge in [0.2, 0.25) is 0 Å². The average molecular weight is 465 g/mol. The van der Waals surface area contributed by atoms with E-state index in [4.69, 9.17) is 4.98 Å². The molecule has 3 heteroatoms. The molecule has 1 aromatic heterocycles. The standard InChI is InChI=1S/C33H24N2O/c36-32(26-18-8-3-9-19-26)27-20-10-11-21-28(27)33-34-29-22-12-13-23-30(29)35(33)31(24-14-4-1-5-15-24)25-16-6-2-7-17-25/h1-23,31H. The van der Waals surface area contributed by atoms with Gasteiger partial charge in [0.15, 0.2) is 5.78 Å². The van der Waals surface area contributed by atoms with Gasteiger partial charge < -0.3 is 4.57 Å². The summed E-state index contributed by atoms with van der Waals surface area (Å²) in [4.78, 5) is 18.7. The summed E-state index contributed by atoms with van der Waals surface area (Å²) < 4.78 is 2.27. The minimum Gasteiger partial charge on any atom is -0.312 e. The molecule has 0 spiro atoms. The molecule has 0 fully saturated rings. The van der Waals surface area contributed by atoms with E-state index in [0.717, 1.165) is 33.5 Å². The molecule has 0 aliphatic carbocycles. The molecule has 0 saturated heterocycles. The first-order valence-electron chi connectivity index (χ1n) is 12.1. The Morgan fingerprint density at radius 1 is 0.583 bits per heavy atom. The zero-order chi connectivity index (χ0) is 24.3. The lowest BCUT2D eigenvalue weighted by Gasteiger charge is -2.24. The predicted molar refractivity (Wildman–Crippen MR) is 145 cm³/mol. The van der Waals surface area contributed by atoms with Crippen LogP contribution in [0.25, 0.3) is 22.4 Å². The molecule has 0 aliphatic rings. The van der Waals surface area contributed by atoms with E-state index in [1.165, 1.54) is 0 Å². The molecule has 0 radical (unpaired) electrons. The van der Waals surface area contributed by atoms with E-state index in [9.17, 15) is 4.79 Å². The molecule has 3 nitrogen and oxygen atoms in total. The summed E-state index contributed by atoms with van der Waals surface area (Å²) in [6, 6.07) is 46.2. The van der Waals surface area contributed by atoms with Gasteiger partial charge in [0, 0.05) is 16.7 Å². The molecular weight excluding hydrogens is 440 g/mol. The van der Waals surface area contributed by atoms with Gasteiger partial charge in [-0.2, -0.15) is 0 Å². The van der Waals surface area contributed by atoms with Crippen LogP contribution in [-0.2, 0) is 0 Å². The largest absolute Gasteiger partial charge is 0.312 e. The van der Waals surface area contributed by atoms with Gasteiger partial charge in [-0.1, -0.05) is 127 Å². The van der Waals surface area contributed by atoms with Crippen molar-refractivity contribution in [3.63, 3.8) is 0 Å². The van der Waals surface area contributed by atoms with Crippen molar-refractivity contribution >= 4 is 16.8 Å². The number of fused-ring (bicyclic) bond motifs is 1. The highest BCUT2D eigenvalue weighted by molar-refractivity contribution is 6.12. The maximum absolute atomic E-state index is 13.6. The third-order valence-corrected chi connectivity index (χ3v) is 6.53. The lowest BCUT2D eigenvalue weighted by molar-refractivity contribution is 0.103. The van der Waals surface area contributed by atoms with Crippen LogP contribution in [0.1, 0.15) is 33.1 Å². The highest BCUT2D eigenvalue weighted by Crippen LogP contribution is 2.37. The number of nitrogens with zero attached hydrogens (tertiary/aromatic N) is 2. The van der Waals surface area contributed by atoms with Crippen molar-refractivity contribution in [1.82, 2.24) is 9.55 Å². The molecule has 1 heterocycles. The lowest BCUT2D eigenvalue weighted by Crippen LogP contribution is -2.15. The summed E-state index contributed by atoms with van der Waals surface area (Å²) in [6.07, 6.45) is 0. The minimum atomic E-state index is -0.116. The van der Waals surface area contributed by atoms with Gasteiger partial charge in [0.1, 0.15) is 5.82 Å². The predicted octanol–water partition coefficient (Wildman–Crippen LogP) is 7.57. The average Bonchev–Trinajstić information content (AvgIpc) is 3.33. The maximum Gasteiger partial charge on any atom is 0.193 e. The molecule has 0 atom stereocenters. The summed E-state index contributed by atoms with van der Waals surface area (Å²) in [7, 11) is 0. The molecule has 0 bridgehead atoms. The number of imidazole rings is 1. The maximum atomic E-state index is 13.6. The van der Waals surface area contributed by atoms with Crippen molar-refractivity contribution in [1.29, 1.82) is 0 Å². The van der Waals surface area contributed by atoms with E-state index < -0.39 is 0 Å². The van der Waals surface area contributed by atoms with Gasteiger partial charge in [-0.05, 0) is 23.3 Å². The quantitative estimate of drug-likeness (QED) is 0.238. The topological polar surface area (TPSA) is 34.9 Å². The van der Waals surface area contributed by atoms with E-state index in [1.54, 1.807) is 0 Å². The Hall–Kier alpha value is -4.76. The number of rotatable bonds is 6. The molecule has 0 saturated carbocycles. The first kappa shape index (κ1) is 21.8. The van der Waals surface area contributed by atoms with E-state index in [0.29, 0.717) is 11.1 Å². The van der Waals surface area contributed by atoms with E-state index in [1.807, 2.05) is 84.9 Å². The van der Waals surface area contributed by atoms with Crippen LogP contribution in [0.3, 0.4) is 0 Å². The summed E-state index contributed by atoms with van der Waals surface area (Å²) in [5, 5.41) is 0. The number of ketones is 1. The Balaban J connectivity index is 1.64. The van der Waals surface area contributed by atoms with Crippen molar-refractivity contribution in [3.05, 3.63) is 162 Å². The monoisotopic (exact) mass is 464 g/mol. The minimum absolute atomic E-state index is 0.0132. The third-order valence-electron chi connectivity index (χ3n) is 6.53. The Morgan fingerprint density at radius 2 is 1.11 bits per heavy atom. The van der Waals surface area contributed by atoms with Gasteiger partial charge in [0.25, 0.3) is 0 Å². The molecular formula is C33H24N2O. The number of hydrogen-bond donors (Lipinski definition) is 0. The van der Waals surface area contributed by atoms with E-state index in [-0.39, 0.29) is 11.8 Å². The molecule has 5 aromatic carbocycles. The smallest absolute Gasteiger partial charge is 0.193 e. The van der Waals surface area contributed by atoms with E-state index in [2.05, 4.69) is 59.2 Å². The highest BCUT2D eigenvalue weighted by Gasteiger charge is 2.26. The number of para-hydroxylation sites is 2. The molecule has 0 amide bonds. The van der Waals surface area contributed by atoms with Crippen LogP contribution in [-0.4, -0.2) is 15.3 Å². The Morgan fingerprint density at radius 3 is 1.78 bits per heavy atom. The van der Waals surface area contributed by atoms with Crippen LogP contribution in [0.15, 0.2) is 140 Å². The zero-order valence-corrected chi connectivity index (χ0v) is 19.7. The summed E-state index contributed by atoms with van der Waals surface area (Å²) >= 11 is 0. The second-order valence-electron chi connectivity index (χ2n) is 8.76. The summed E-state index contributed by atoms with van der Waals surface area (Å²) in [5.74, 6) is 0.759. The molecule has 6 rings (SSSR count). The molecule has 6 aromatic rings. The first-order chi connectivity index (χ1) is 17.8. The van der Waals surface area contributed by atoms with Gasteiger partial charge in [-0.3, -0.25) is 4.79 Å². The van der Waals surface area contributed by atoms with Crippen LogP contribution >= 0.6 is 0 Å². The molecule has 0 unspecified atom stereocenters. The second kappa shape index (κ2) is 9.47. The van der Waals surface area contributed by atoms with Crippen molar-refractivity contribution in [2.24, 2.45) is 0 Å². The van der Waals surface area contributed by atoms with E-state index >= 15 is 0 Å². The van der Waals surface area contributed by atoms with Crippen LogP contribution < -0.4 is 0 Å². The summed E-state index contributed by atoms with van der Waals surface area (Å²) in [6.45, 7) is 0. The number of hydrogen-bond acceptors (Lipinski definition) is 2. The normalized spacial score (nSPS) is 11.1. The van der Waals surface area contributed by atoms with Gasteiger partial charge >= 0.3 is 0 Å². The molecule has 0 N–H and O–H groups in total. The van der Waals surface area contributed by atoms with Gasteiger partial charge in [-0.15, -0.1) is 0 Å². The number of aromatic nitrogens is 2. The number of carbonyl (C=O) groups is 1. The fourth-order valence-corrected chi connectivity index (χ4v) is 4.88. The number of benzene rings is 5. The SMILES string of the molecule is O=C(c1ccccc1)c1ccccc1-c1nc2ccccc2n1C(c1ccccc1)c1ccccc1. The van der Waals surface area contributed by atoms with Gasteiger partial charge in [0.05, 0.1) is 17.1 Å². The van der Waals surface area contributed by atoms with Crippen molar-refractivity contribution < 1.29 is 4.79 Å². The molecule has 0 aliphatic heterocycles.